The Bertz CT molecular complexity index is 640. The van der Waals surface area contributed by atoms with Gasteiger partial charge in [0.05, 0.1) is 0 Å². The number of carbonyl (C=O) groups is 1. The minimum atomic E-state index is -0.488. The summed E-state index contributed by atoms with van der Waals surface area (Å²) in [6.45, 7) is 12.1. The Kier molecular flexibility index (Phi) is 10.2. The lowest BCUT2D eigenvalue weighted by Gasteiger charge is -2.36. The summed E-state index contributed by atoms with van der Waals surface area (Å²) in [5.41, 5.74) is -0.488. The summed E-state index contributed by atoms with van der Waals surface area (Å²) >= 11 is 1.47. The van der Waals surface area contributed by atoms with Gasteiger partial charge in [-0.15, -0.1) is 24.0 Å². The summed E-state index contributed by atoms with van der Waals surface area (Å²) in [7, 11) is 1.77. The topological polar surface area (TPSA) is 95.0 Å². The van der Waals surface area contributed by atoms with Crippen LogP contribution in [0.15, 0.2) is 4.99 Å². The fraction of sp³-hybridized carbons (Fsp3) is 0.765. The van der Waals surface area contributed by atoms with Crippen molar-refractivity contribution in [3.63, 3.8) is 0 Å². The molecule has 9 nitrogen and oxygen atoms in total. The minimum Gasteiger partial charge on any atom is -0.444 e. The maximum atomic E-state index is 11.7. The molecule has 2 N–H and O–H groups in total. The summed E-state index contributed by atoms with van der Waals surface area (Å²) in [4.78, 5) is 25.0. The van der Waals surface area contributed by atoms with Gasteiger partial charge in [0, 0.05) is 64.3 Å². The molecule has 28 heavy (non-hydrogen) atoms. The molecule has 0 unspecified atom stereocenters. The van der Waals surface area contributed by atoms with Gasteiger partial charge in [0.2, 0.25) is 5.13 Å². The zero-order valence-corrected chi connectivity index (χ0v) is 20.5. The molecule has 0 aliphatic carbocycles. The first-order valence-corrected chi connectivity index (χ1v) is 10.1. The van der Waals surface area contributed by atoms with Crippen LogP contribution in [0.1, 0.15) is 33.5 Å². The van der Waals surface area contributed by atoms with Crippen molar-refractivity contribution in [1.82, 2.24) is 24.9 Å². The Morgan fingerprint density at radius 1 is 1.21 bits per heavy atom. The minimum absolute atomic E-state index is 0. The van der Waals surface area contributed by atoms with Gasteiger partial charge in [0.25, 0.3) is 0 Å². The molecule has 0 aromatic carbocycles. The fourth-order valence-electron chi connectivity index (χ4n) is 2.61. The quantitative estimate of drug-likeness (QED) is 0.263. The standard InChI is InChI=1S/C17H31N7O2S.HI/c1-6-13-21-15(27-22-13)24-11-9-23(10-12-24)14(18-5)19-7-8-20-16(25)26-17(2,3)4;/h6-12H2,1-5H3,(H,18,19)(H,20,25);1H. The number of amides is 1. The molecule has 11 heteroatoms. The SMILES string of the molecule is CCc1nsc(N2CCN(C(=NC)NCCNC(=O)OC(C)(C)C)CC2)n1.I. The van der Waals surface area contributed by atoms with Crippen molar-refractivity contribution in [3.05, 3.63) is 5.82 Å². The van der Waals surface area contributed by atoms with Crippen molar-refractivity contribution in [2.45, 2.75) is 39.7 Å². The number of piperazine rings is 1. The molecular formula is C17H32IN7O2S. The van der Waals surface area contributed by atoms with E-state index in [1.807, 2.05) is 20.8 Å². The van der Waals surface area contributed by atoms with Crippen molar-refractivity contribution in [1.29, 1.82) is 0 Å². The molecule has 1 aliphatic rings. The Morgan fingerprint density at radius 2 is 1.86 bits per heavy atom. The fourth-order valence-corrected chi connectivity index (χ4v) is 3.41. The van der Waals surface area contributed by atoms with Gasteiger partial charge in [-0.1, -0.05) is 6.92 Å². The van der Waals surface area contributed by atoms with Gasteiger partial charge in [0.15, 0.2) is 5.96 Å². The smallest absolute Gasteiger partial charge is 0.407 e. The summed E-state index contributed by atoms with van der Waals surface area (Å²) in [6.07, 6.45) is 0.459. The number of aliphatic imine (C=N–C) groups is 1. The Hall–Kier alpha value is -1.37. The van der Waals surface area contributed by atoms with Crippen LogP contribution in [-0.4, -0.2) is 78.2 Å². The van der Waals surface area contributed by atoms with Crippen molar-refractivity contribution in [2.75, 3.05) is 51.2 Å². The lowest BCUT2D eigenvalue weighted by molar-refractivity contribution is 0.0529. The maximum Gasteiger partial charge on any atom is 0.407 e. The Balaban J connectivity index is 0.00000392. The second-order valence-electron chi connectivity index (χ2n) is 7.22. The van der Waals surface area contributed by atoms with E-state index in [2.05, 4.69) is 41.7 Å². The van der Waals surface area contributed by atoms with Crippen molar-refractivity contribution in [3.8, 4) is 0 Å². The largest absolute Gasteiger partial charge is 0.444 e. The lowest BCUT2D eigenvalue weighted by Crippen LogP contribution is -2.53. The van der Waals surface area contributed by atoms with Crippen molar-refractivity contribution >= 4 is 52.7 Å². The molecule has 160 valence electrons. The molecule has 1 saturated heterocycles. The van der Waals surface area contributed by atoms with E-state index in [0.29, 0.717) is 13.1 Å². The predicted octanol–water partition coefficient (Wildman–Crippen LogP) is 1.94. The average molecular weight is 525 g/mol. The molecule has 2 rings (SSSR count). The number of ether oxygens (including phenoxy) is 1. The van der Waals surface area contributed by atoms with E-state index in [9.17, 15) is 4.79 Å². The molecule has 2 heterocycles. The van der Waals surface area contributed by atoms with Crippen LogP contribution >= 0.6 is 35.5 Å². The van der Waals surface area contributed by atoms with Gasteiger partial charge in [-0.25, -0.2) is 9.78 Å². The van der Waals surface area contributed by atoms with Crippen LogP contribution in [0.2, 0.25) is 0 Å². The second kappa shape index (κ2) is 11.6. The van der Waals surface area contributed by atoms with Crippen molar-refractivity contribution < 1.29 is 9.53 Å². The molecule has 0 radical (unpaired) electrons. The molecule has 0 atom stereocenters. The first-order chi connectivity index (χ1) is 12.8. The zero-order chi connectivity index (χ0) is 19.9. The number of carbonyl (C=O) groups excluding carboxylic acids is 1. The van der Waals surface area contributed by atoms with Crippen LogP contribution in [-0.2, 0) is 11.2 Å². The molecule has 1 aromatic rings. The highest BCUT2D eigenvalue weighted by Gasteiger charge is 2.22. The number of guanidine groups is 1. The molecule has 1 fully saturated rings. The third-order valence-electron chi connectivity index (χ3n) is 3.91. The highest BCUT2D eigenvalue weighted by molar-refractivity contribution is 14.0. The number of hydrogen-bond donors (Lipinski definition) is 2. The van der Waals surface area contributed by atoms with E-state index >= 15 is 0 Å². The van der Waals surface area contributed by atoms with Crippen LogP contribution in [0.5, 0.6) is 0 Å². The second-order valence-corrected chi connectivity index (χ2v) is 7.95. The van der Waals surface area contributed by atoms with Crippen LogP contribution in [0.25, 0.3) is 0 Å². The van der Waals surface area contributed by atoms with Gasteiger partial charge in [-0.3, -0.25) is 4.99 Å². The maximum absolute atomic E-state index is 11.7. The van der Waals surface area contributed by atoms with Gasteiger partial charge in [-0.2, -0.15) is 4.37 Å². The Morgan fingerprint density at radius 3 is 2.39 bits per heavy atom. The number of nitrogens with one attached hydrogen (secondary N) is 2. The number of aryl methyl sites for hydroxylation is 1. The van der Waals surface area contributed by atoms with E-state index in [-0.39, 0.29) is 24.0 Å². The molecule has 0 saturated carbocycles. The van der Waals surface area contributed by atoms with Crippen LogP contribution in [0.3, 0.4) is 0 Å². The van der Waals surface area contributed by atoms with E-state index in [1.165, 1.54) is 11.5 Å². The van der Waals surface area contributed by atoms with Gasteiger partial charge in [0.1, 0.15) is 11.4 Å². The first-order valence-electron chi connectivity index (χ1n) is 9.32. The highest BCUT2D eigenvalue weighted by Crippen LogP contribution is 2.19. The number of hydrogen-bond acceptors (Lipinski definition) is 7. The third kappa shape index (κ3) is 7.94. The number of halogens is 1. The summed E-state index contributed by atoms with van der Waals surface area (Å²) in [6, 6.07) is 0. The predicted molar refractivity (Wildman–Crippen MR) is 124 cm³/mol. The molecular weight excluding hydrogens is 493 g/mol. The van der Waals surface area contributed by atoms with Crippen LogP contribution < -0.4 is 15.5 Å². The van der Waals surface area contributed by atoms with E-state index in [1.54, 1.807) is 7.05 Å². The summed E-state index contributed by atoms with van der Waals surface area (Å²) in [5.74, 6) is 1.75. The summed E-state index contributed by atoms with van der Waals surface area (Å²) < 4.78 is 9.58. The van der Waals surface area contributed by atoms with Gasteiger partial charge in [-0.05, 0) is 20.8 Å². The first kappa shape index (κ1) is 24.7. The molecule has 0 bridgehead atoms. The monoisotopic (exact) mass is 525 g/mol. The molecule has 0 spiro atoms. The highest BCUT2D eigenvalue weighted by atomic mass is 127. The van der Waals surface area contributed by atoms with Crippen LogP contribution in [0.4, 0.5) is 9.93 Å². The normalized spacial score (nSPS) is 15.1. The Labute approximate surface area is 188 Å². The zero-order valence-electron chi connectivity index (χ0n) is 17.3. The lowest BCUT2D eigenvalue weighted by atomic mass is 10.2. The molecule has 1 aliphatic heterocycles. The summed E-state index contributed by atoms with van der Waals surface area (Å²) in [5, 5.41) is 7.02. The van der Waals surface area contributed by atoms with E-state index in [0.717, 1.165) is 49.5 Å². The van der Waals surface area contributed by atoms with E-state index in [4.69, 9.17) is 4.74 Å². The van der Waals surface area contributed by atoms with Gasteiger partial charge >= 0.3 is 6.09 Å². The van der Waals surface area contributed by atoms with Gasteiger partial charge < -0.3 is 25.2 Å². The molecule has 1 aromatic heterocycles. The number of anilines is 1. The van der Waals surface area contributed by atoms with E-state index < -0.39 is 11.7 Å². The van der Waals surface area contributed by atoms with Crippen molar-refractivity contribution in [2.24, 2.45) is 4.99 Å². The number of rotatable bonds is 5. The van der Waals surface area contributed by atoms with Crippen LogP contribution in [0, 0.1) is 0 Å². The number of nitrogens with zero attached hydrogens (tertiary/aromatic N) is 5. The number of aromatic nitrogens is 2. The number of alkyl carbamates (subject to hydrolysis) is 1. The molecule has 1 amide bonds. The third-order valence-corrected chi connectivity index (χ3v) is 4.73. The average Bonchev–Trinajstić information content (AvgIpc) is 3.10.